The van der Waals surface area contributed by atoms with Crippen LogP contribution in [0.5, 0.6) is 5.75 Å². The molecule has 0 aliphatic rings. The van der Waals surface area contributed by atoms with E-state index >= 15 is 0 Å². The molecule has 0 fully saturated rings. The van der Waals surface area contributed by atoms with E-state index in [0.717, 1.165) is 12.3 Å². The van der Waals surface area contributed by atoms with Crippen LogP contribution < -0.4 is 14.9 Å². The molecule has 0 radical (unpaired) electrons. The Morgan fingerprint density at radius 2 is 1.88 bits per heavy atom. The molecule has 32 heavy (non-hydrogen) atoms. The van der Waals surface area contributed by atoms with Crippen LogP contribution in [0.2, 0.25) is 5.02 Å². The molecule has 0 aromatic heterocycles. The summed E-state index contributed by atoms with van der Waals surface area (Å²) in [5.41, 5.74) is 1.92. The summed E-state index contributed by atoms with van der Waals surface area (Å²) in [7, 11) is -2.78. The van der Waals surface area contributed by atoms with Crippen LogP contribution >= 0.6 is 11.6 Å². The van der Waals surface area contributed by atoms with Crippen molar-refractivity contribution in [3.8, 4) is 5.75 Å². The molecule has 2 N–H and O–H groups in total. The van der Waals surface area contributed by atoms with E-state index in [1.54, 1.807) is 18.2 Å². The second kappa shape index (κ2) is 9.62. The van der Waals surface area contributed by atoms with Gasteiger partial charge in [0.25, 0.3) is 15.7 Å². The van der Waals surface area contributed by atoms with E-state index in [-0.39, 0.29) is 32.6 Å². The molecular weight excluding hydrogens is 463 g/mol. The Kier molecular flexibility index (Phi) is 6.91. The molecule has 0 aliphatic heterocycles. The van der Waals surface area contributed by atoms with Crippen LogP contribution in [0.1, 0.15) is 5.56 Å². The first kappa shape index (κ1) is 23.0. The zero-order valence-corrected chi connectivity index (χ0v) is 18.0. The number of para-hydroxylation sites is 2. The van der Waals surface area contributed by atoms with E-state index in [0.29, 0.717) is 0 Å². The molecule has 0 saturated heterocycles. The van der Waals surface area contributed by atoms with Gasteiger partial charge in [-0.25, -0.2) is 12.8 Å². The highest BCUT2D eigenvalue weighted by Gasteiger charge is 2.22. The van der Waals surface area contributed by atoms with Crippen molar-refractivity contribution >= 4 is 44.9 Å². The molecule has 0 unspecified atom stereocenters. The molecule has 0 aliphatic carbocycles. The second-order valence-electron chi connectivity index (χ2n) is 6.25. The minimum absolute atomic E-state index is 0.00970. The Hall–Kier alpha value is -3.70. The van der Waals surface area contributed by atoms with Gasteiger partial charge in [-0.1, -0.05) is 29.8 Å². The van der Waals surface area contributed by atoms with Crippen molar-refractivity contribution in [1.82, 2.24) is 0 Å². The largest absolute Gasteiger partial charge is 0.495 e. The number of hydrazone groups is 1. The molecule has 0 saturated carbocycles. The second-order valence-corrected chi connectivity index (χ2v) is 8.34. The number of hydrogen-bond acceptors (Lipinski definition) is 7. The molecule has 9 nitrogen and oxygen atoms in total. The Morgan fingerprint density at radius 3 is 2.56 bits per heavy atom. The van der Waals surface area contributed by atoms with E-state index < -0.39 is 26.5 Å². The molecule has 0 spiro atoms. The molecular formula is C20H16ClFN4O5S. The molecule has 3 aromatic rings. The normalized spacial score (nSPS) is 11.3. The number of benzene rings is 3. The quantitative estimate of drug-likeness (QED) is 0.276. The van der Waals surface area contributed by atoms with Crippen LogP contribution in [0.3, 0.4) is 0 Å². The van der Waals surface area contributed by atoms with Crippen LogP contribution in [0.4, 0.5) is 21.5 Å². The number of anilines is 2. The third-order valence-electron chi connectivity index (χ3n) is 4.21. The Labute approximate surface area is 187 Å². The zero-order chi connectivity index (χ0) is 23.3. The summed E-state index contributed by atoms with van der Waals surface area (Å²) in [4.78, 5) is 10.4. The van der Waals surface area contributed by atoms with Gasteiger partial charge in [0, 0.05) is 11.6 Å². The molecule has 12 heteroatoms. The van der Waals surface area contributed by atoms with Crippen molar-refractivity contribution in [1.29, 1.82) is 0 Å². The van der Waals surface area contributed by atoms with Gasteiger partial charge in [0.1, 0.15) is 17.3 Å². The zero-order valence-electron chi connectivity index (χ0n) is 16.5. The molecule has 0 heterocycles. The first-order valence-electron chi connectivity index (χ1n) is 8.90. The van der Waals surface area contributed by atoms with Gasteiger partial charge in [-0.05, 0) is 36.4 Å². The Bertz CT molecular complexity index is 1280. The number of sulfonamides is 1. The van der Waals surface area contributed by atoms with Crippen LogP contribution in [0.15, 0.2) is 70.7 Å². The predicted octanol–water partition coefficient (Wildman–Crippen LogP) is 4.64. The van der Waals surface area contributed by atoms with Crippen LogP contribution in [0.25, 0.3) is 0 Å². The third kappa shape index (κ3) is 5.13. The first-order valence-corrected chi connectivity index (χ1v) is 10.8. The highest BCUT2D eigenvalue weighted by Crippen LogP contribution is 2.30. The minimum atomic E-state index is -4.16. The van der Waals surface area contributed by atoms with Crippen molar-refractivity contribution in [2.75, 3.05) is 17.3 Å². The third-order valence-corrected chi connectivity index (χ3v) is 5.90. The highest BCUT2D eigenvalue weighted by molar-refractivity contribution is 7.92. The van der Waals surface area contributed by atoms with Crippen molar-refractivity contribution in [3.05, 3.63) is 87.2 Å². The standard InChI is InChI=1S/C20H16ClFN4O5S/c1-31-20-8-3-2-7-18(20)25-32(29,30)13-9-10-17(19(11-13)26(27)28)24-23-12-14-15(21)5-4-6-16(14)22/h2-12,24-25H,1H3. The number of nitrogens with one attached hydrogen (secondary N) is 2. The van der Waals surface area contributed by atoms with E-state index in [1.165, 1.54) is 43.5 Å². The van der Waals surface area contributed by atoms with E-state index in [2.05, 4.69) is 15.2 Å². The van der Waals surface area contributed by atoms with Gasteiger partial charge >= 0.3 is 0 Å². The van der Waals surface area contributed by atoms with Gasteiger partial charge in [0.05, 0.1) is 33.9 Å². The Balaban J connectivity index is 1.89. The summed E-state index contributed by atoms with van der Waals surface area (Å²) in [5.74, 6) is -0.341. The monoisotopic (exact) mass is 478 g/mol. The molecule has 3 aromatic carbocycles. The Morgan fingerprint density at radius 1 is 1.12 bits per heavy atom. The smallest absolute Gasteiger partial charge is 0.295 e. The molecule has 3 rings (SSSR count). The lowest BCUT2D eigenvalue weighted by Gasteiger charge is -2.12. The number of rotatable bonds is 8. The number of methoxy groups -OCH3 is 1. The summed E-state index contributed by atoms with van der Waals surface area (Å²) in [5, 5.41) is 15.4. The topological polar surface area (TPSA) is 123 Å². The fourth-order valence-electron chi connectivity index (χ4n) is 2.66. The lowest BCUT2D eigenvalue weighted by molar-refractivity contribution is -0.384. The maximum Gasteiger partial charge on any atom is 0.295 e. The number of nitrogens with zero attached hydrogens (tertiary/aromatic N) is 2. The SMILES string of the molecule is COc1ccccc1NS(=O)(=O)c1ccc(NN=Cc2c(F)cccc2Cl)c([N+](=O)[O-])c1. The number of halogens is 2. The average Bonchev–Trinajstić information content (AvgIpc) is 2.75. The maximum atomic E-state index is 13.8. The van der Waals surface area contributed by atoms with Crippen molar-refractivity contribution in [3.63, 3.8) is 0 Å². The molecule has 0 bridgehead atoms. The van der Waals surface area contributed by atoms with Gasteiger partial charge in [-0.15, -0.1) is 0 Å². The van der Waals surface area contributed by atoms with Crippen LogP contribution in [-0.4, -0.2) is 26.7 Å². The van der Waals surface area contributed by atoms with Gasteiger partial charge in [-0.3, -0.25) is 20.3 Å². The number of ether oxygens (including phenoxy) is 1. The summed E-state index contributed by atoms with van der Waals surface area (Å²) >= 11 is 5.90. The molecule has 166 valence electrons. The van der Waals surface area contributed by atoms with E-state index in [1.807, 2.05) is 0 Å². The summed E-state index contributed by atoms with van der Waals surface area (Å²) in [6, 6.07) is 13.6. The van der Waals surface area contributed by atoms with Crippen LogP contribution in [0, 0.1) is 15.9 Å². The minimum Gasteiger partial charge on any atom is -0.495 e. The number of nitro groups is 1. The fourth-order valence-corrected chi connectivity index (χ4v) is 3.96. The van der Waals surface area contributed by atoms with Gasteiger partial charge in [-0.2, -0.15) is 5.10 Å². The first-order chi connectivity index (χ1) is 15.2. The van der Waals surface area contributed by atoms with Crippen molar-refractivity contribution in [2.24, 2.45) is 5.10 Å². The molecule has 0 amide bonds. The average molecular weight is 479 g/mol. The van der Waals surface area contributed by atoms with E-state index in [4.69, 9.17) is 16.3 Å². The van der Waals surface area contributed by atoms with Gasteiger partial charge in [0.15, 0.2) is 0 Å². The summed E-state index contributed by atoms with van der Waals surface area (Å²) in [6.07, 6.45) is 1.06. The van der Waals surface area contributed by atoms with Crippen LogP contribution in [-0.2, 0) is 10.0 Å². The lowest BCUT2D eigenvalue weighted by atomic mass is 10.2. The van der Waals surface area contributed by atoms with Gasteiger partial charge < -0.3 is 4.74 Å². The highest BCUT2D eigenvalue weighted by atomic mass is 35.5. The van der Waals surface area contributed by atoms with E-state index in [9.17, 15) is 22.9 Å². The summed E-state index contributed by atoms with van der Waals surface area (Å²) < 4.78 is 46.7. The maximum absolute atomic E-state index is 13.8. The van der Waals surface area contributed by atoms with Crippen molar-refractivity contribution < 1.29 is 22.5 Å². The van der Waals surface area contributed by atoms with Gasteiger partial charge in [0.2, 0.25) is 0 Å². The molecule has 0 atom stereocenters. The number of nitro benzene ring substituents is 1. The summed E-state index contributed by atoms with van der Waals surface area (Å²) in [6.45, 7) is 0. The number of hydrogen-bond donors (Lipinski definition) is 2. The fraction of sp³-hybridized carbons (Fsp3) is 0.0500. The lowest BCUT2D eigenvalue weighted by Crippen LogP contribution is -2.14. The van der Waals surface area contributed by atoms with Crippen molar-refractivity contribution in [2.45, 2.75) is 4.90 Å². The predicted molar refractivity (Wildman–Crippen MR) is 120 cm³/mol.